The molecule has 0 aliphatic carbocycles. The number of nitrogens with one attached hydrogen (secondary N) is 2. The van der Waals surface area contributed by atoms with Gasteiger partial charge in [-0.3, -0.25) is 0 Å². The zero-order chi connectivity index (χ0) is 19.7. The van der Waals surface area contributed by atoms with Gasteiger partial charge in [-0.1, -0.05) is 45.4 Å². The van der Waals surface area contributed by atoms with Crippen LogP contribution >= 0.6 is 0 Å². The van der Waals surface area contributed by atoms with E-state index in [9.17, 15) is 0 Å². The zero-order valence-corrected chi connectivity index (χ0v) is 17.9. The van der Waals surface area contributed by atoms with Crippen molar-refractivity contribution >= 4 is 5.96 Å². The summed E-state index contributed by atoms with van der Waals surface area (Å²) in [6.07, 6.45) is 10.1. The van der Waals surface area contributed by atoms with Gasteiger partial charge in [-0.25, -0.2) is 4.99 Å². The molecule has 2 N–H and O–H groups in total. The van der Waals surface area contributed by atoms with Gasteiger partial charge in [-0.05, 0) is 26.7 Å². The van der Waals surface area contributed by atoms with E-state index in [1.807, 2.05) is 25.5 Å². The summed E-state index contributed by atoms with van der Waals surface area (Å²) in [5, 5.41) is 15.1. The lowest BCUT2D eigenvalue weighted by Crippen LogP contribution is -2.38. The number of unbranched alkanes of at least 4 members (excludes halogenated alkanes) is 6. The minimum absolute atomic E-state index is 0.523. The molecule has 0 saturated heterocycles. The summed E-state index contributed by atoms with van der Waals surface area (Å²) in [7, 11) is 1.97. The summed E-state index contributed by atoms with van der Waals surface area (Å²) < 4.78 is 7.37. The van der Waals surface area contributed by atoms with E-state index in [0.717, 1.165) is 50.3 Å². The molecule has 0 radical (unpaired) electrons. The highest BCUT2D eigenvalue weighted by Gasteiger charge is 2.05. The number of aromatic nitrogens is 3. The minimum atomic E-state index is 0.523. The second-order valence-electron chi connectivity index (χ2n) is 6.91. The van der Waals surface area contributed by atoms with E-state index < -0.39 is 0 Å². The number of nitrogens with zero attached hydrogens (tertiary/aromatic N) is 4. The van der Waals surface area contributed by atoms with E-state index in [1.165, 1.54) is 44.9 Å². The number of hydrogen-bond donors (Lipinski definition) is 2. The molecule has 156 valence electrons. The summed E-state index contributed by atoms with van der Waals surface area (Å²) in [5.74, 6) is 2.62. The van der Waals surface area contributed by atoms with Crippen LogP contribution in [-0.2, 0) is 18.3 Å². The van der Waals surface area contributed by atoms with E-state index in [0.29, 0.717) is 6.54 Å². The summed E-state index contributed by atoms with van der Waals surface area (Å²) in [6.45, 7) is 10.1. The van der Waals surface area contributed by atoms with Crippen LogP contribution in [0.15, 0.2) is 4.99 Å². The average molecular weight is 381 g/mol. The number of guanidine groups is 1. The third-order valence-electron chi connectivity index (χ3n) is 4.60. The van der Waals surface area contributed by atoms with Crippen molar-refractivity contribution in [3.8, 4) is 0 Å². The molecule has 0 saturated carbocycles. The van der Waals surface area contributed by atoms with Gasteiger partial charge in [0, 0.05) is 33.4 Å². The third-order valence-corrected chi connectivity index (χ3v) is 4.60. The first-order chi connectivity index (χ1) is 13.2. The Morgan fingerprint density at radius 3 is 2.26 bits per heavy atom. The molecular formula is C20H40N6O. The maximum Gasteiger partial charge on any atom is 0.191 e. The summed E-state index contributed by atoms with van der Waals surface area (Å²) in [6, 6.07) is 0. The molecule has 0 aromatic carbocycles. The highest BCUT2D eigenvalue weighted by Crippen LogP contribution is 2.06. The van der Waals surface area contributed by atoms with E-state index in [4.69, 9.17) is 4.74 Å². The zero-order valence-electron chi connectivity index (χ0n) is 17.9. The van der Waals surface area contributed by atoms with Crippen molar-refractivity contribution in [3.63, 3.8) is 0 Å². The Bertz CT molecular complexity index is 515. The molecule has 0 fully saturated rings. The van der Waals surface area contributed by atoms with E-state index in [2.05, 4.69) is 32.7 Å². The molecule has 0 aliphatic heterocycles. The molecular weight excluding hydrogens is 340 g/mol. The van der Waals surface area contributed by atoms with E-state index >= 15 is 0 Å². The molecule has 0 unspecified atom stereocenters. The number of rotatable bonds is 15. The maximum atomic E-state index is 5.39. The van der Waals surface area contributed by atoms with Crippen molar-refractivity contribution < 1.29 is 4.74 Å². The maximum absolute atomic E-state index is 5.39. The van der Waals surface area contributed by atoms with Crippen molar-refractivity contribution in [1.82, 2.24) is 25.4 Å². The number of aryl methyl sites for hydroxylation is 1. The van der Waals surface area contributed by atoms with Gasteiger partial charge in [0.05, 0.1) is 0 Å². The second-order valence-corrected chi connectivity index (χ2v) is 6.91. The lowest BCUT2D eigenvalue weighted by molar-refractivity contribution is 0.145. The van der Waals surface area contributed by atoms with Crippen LogP contribution in [0, 0.1) is 6.92 Å². The van der Waals surface area contributed by atoms with Gasteiger partial charge in [0.15, 0.2) is 11.8 Å². The lowest BCUT2D eigenvalue weighted by atomic mass is 10.1. The second kappa shape index (κ2) is 15.4. The molecule has 27 heavy (non-hydrogen) atoms. The molecule has 0 atom stereocenters. The Balaban J connectivity index is 2.35. The minimum Gasteiger partial charge on any atom is -0.382 e. The molecule has 0 aliphatic rings. The monoisotopic (exact) mass is 380 g/mol. The Kier molecular flexibility index (Phi) is 13.4. The van der Waals surface area contributed by atoms with Crippen molar-refractivity contribution in [3.05, 3.63) is 11.6 Å². The largest absolute Gasteiger partial charge is 0.382 e. The fraction of sp³-hybridized carbons (Fsp3) is 0.850. The van der Waals surface area contributed by atoms with Gasteiger partial charge in [0.25, 0.3) is 0 Å². The van der Waals surface area contributed by atoms with Gasteiger partial charge >= 0.3 is 0 Å². The van der Waals surface area contributed by atoms with E-state index in [-0.39, 0.29) is 0 Å². The fourth-order valence-corrected chi connectivity index (χ4v) is 2.73. The quantitative estimate of drug-likeness (QED) is 0.277. The van der Waals surface area contributed by atoms with Crippen LogP contribution in [-0.4, -0.2) is 47.0 Å². The molecule has 0 bridgehead atoms. The summed E-state index contributed by atoms with van der Waals surface area (Å²) in [4.78, 5) is 4.67. The number of hydrogen-bond acceptors (Lipinski definition) is 4. The SMILES string of the molecule is CCCCCCCCCNC(=NCc1nnc(C)n1C)NCCCOCC. The van der Waals surface area contributed by atoms with Crippen LogP contribution in [0.1, 0.15) is 76.9 Å². The van der Waals surface area contributed by atoms with Crippen molar-refractivity contribution in [2.75, 3.05) is 26.3 Å². The first kappa shape index (κ1) is 23.4. The first-order valence-corrected chi connectivity index (χ1v) is 10.6. The smallest absolute Gasteiger partial charge is 0.191 e. The van der Waals surface area contributed by atoms with E-state index in [1.54, 1.807) is 0 Å². The van der Waals surface area contributed by atoms with Gasteiger partial charge in [0.2, 0.25) is 0 Å². The Labute approximate surface area is 165 Å². The fourth-order valence-electron chi connectivity index (χ4n) is 2.73. The Morgan fingerprint density at radius 2 is 1.63 bits per heavy atom. The van der Waals surface area contributed by atoms with Crippen molar-refractivity contribution in [1.29, 1.82) is 0 Å². The molecule has 0 amide bonds. The lowest BCUT2D eigenvalue weighted by Gasteiger charge is -2.13. The number of ether oxygens (including phenoxy) is 1. The van der Waals surface area contributed by atoms with Crippen LogP contribution < -0.4 is 10.6 Å². The highest BCUT2D eigenvalue weighted by molar-refractivity contribution is 5.79. The topological polar surface area (TPSA) is 76.4 Å². The summed E-state index contributed by atoms with van der Waals surface area (Å²) in [5.41, 5.74) is 0. The molecule has 1 aromatic rings. The predicted octanol–water partition coefficient (Wildman–Crippen LogP) is 3.34. The third kappa shape index (κ3) is 11.0. The average Bonchev–Trinajstić information content (AvgIpc) is 2.99. The summed E-state index contributed by atoms with van der Waals surface area (Å²) >= 11 is 0. The van der Waals surface area contributed by atoms with Crippen LogP contribution in [0.5, 0.6) is 0 Å². The molecule has 1 heterocycles. The van der Waals surface area contributed by atoms with Crippen LogP contribution in [0.4, 0.5) is 0 Å². The molecule has 7 heteroatoms. The molecule has 1 rings (SSSR count). The number of aliphatic imine (C=N–C) groups is 1. The van der Waals surface area contributed by atoms with Gasteiger partial charge < -0.3 is 19.9 Å². The first-order valence-electron chi connectivity index (χ1n) is 10.6. The van der Waals surface area contributed by atoms with Crippen LogP contribution in [0.3, 0.4) is 0 Å². The van der Waals surface area contributed by atoms with Crippen molar-refractivity contribution in [2.45, 2.75) is 78.7 Å². The van der Waals surface area contributed by atoms with Gasteiger partial charge in [0.1, 0.15) is 12.4 Å². The molecule has 1 aromatic heterocycles. The molecule has 0 spiro atoms. The standard InChI is InChI=1S/C20H40N6O/c1-5-7-8-9-10-11-12-14-21-20(22-15-13-16-27-6-2)23-17-19-25-24-18(3)26(19)4/h5-17H2,1-4H3,(H2,21,22,23). The van der Waals surface area contributed by atoms with Gasteiger partial charge in [-0.15, -0.1) is 10.2 Å². The predicted molar refractivity (Wildman–Crippen MR) is 112 cm³/mol. The van der Waals surface area contributed by atoms with Crippen LogP contribution in [0.25, 0.3) is 0 Å². The Hall–Kier alpha value is -1.63. The van der Waals surface area contributed by atoms with Crippen molar-refractivity contribution in [2.24, 2.45) is 12.0 Å². The van der Waals surface area contributed by atoms with Crippen LogP contribution in [0.2, 0.25) is 0 Å². The normalized spacial score (nSPS) is 11.8. The Morgan fingerprint density at radius 1 is 0.963 bits per heavy atom. The van der Waals surface area contributed by atoms with Gasteiger partial charge in [-0.2, -0.15) is 0 Å². The highest BCUT2D eigenvalue weighted by atomic mass is 16.5. The molecule has 7 nitrogen and oxygen atoms in total.